The molecule has 1 atom stereocenters. The maximum atomic E-state index is 11.3. The minimum Gasteiger partial charge on any atom is -0.479 e. The Kier molecular flexibility index (Phi) is 5.12. The maximum Gasteiger partial charge on any atom is 0.332 e. The number of urea groups is 1. The summed E-state index contributed by atoms with van der Waals surface area (Å²) in [6.45, 7) is 2.02. The molecule has 1 aromatic heterocycles. The van der Waals surface area contributed by atoms with Crippen molar-refractivity contribution in [3.05, 3.63) is 17.5 Å². The van der Waals surface area contributed by atoms with Gasteiger partial charge in [-0.2, -0.15) is 0 Å². The zero-order valence-electron chi connectivity index (χ0n) is 9.84. The lowest BCUT2D eigenvalue weighted by Gasteiger charge is -2.07. The third-order valence-corrected chi connectivity index (χ3v) is 2.09. The van der Waals surface area contributed by atoms with E-state index < -0.39 is 18.1 Å². The van der Waals surface area contributed by atoms with Crippen LogP contribution in [-0.2, 0) is 11.3 Å². The maximum absolute atomic E-state index is 11.3. The van der Waals surface area contributed by atoms with E-state index in [-0.39, 0.29) is 19.5 Å². The predicted molar refractivity (Wildman–Crippen MR) is 59.7 cm³/mol. The highest BCUT2D eigenvalue weighted by Crippen LogP contribution is 2.00. The van der Waals surface area contributed by atoms with E-state index in [0.717, 1.165) is 5.69 Å². The number of rotatable bonds is 6. The predicted octanol–water partition coefficient (Wildman–Crippen LogP) is -0.382. The van der Waals surface area contributed by atoms with Crippen LogP contribution in [0.2, 0.25) is 0 Å². The van der Waals surface area contributed by atoms with Crippen LogP contribution in [0.4, 0.5) is 4.79 Å². The summed E-state index contributed by atoms with van der Waals surface area (Å²) in [5.74, 6) is -0.789. The average molecular weight is 257 g/mol. The van der Waals surface area contributed by atoms with Gasteiger partial charge in [0.15, 0.2) is 11.9 Å². The first-order valence-electron chi connectivity index (χ1n) is 5.34. The molecule has 18 heavy (non-hydrogen) atoms. The molecule has 4 N–H and O–H groups in total. The molecule has 0 bridgehead atoms. The number of aliphatic hydroxyl groups excluding tert-OH is 1. The van der Waals surface area contributed by atoms with Crippen molar-refractivity contribution >= 4 is 12.0 Å². The SMILES string of the molecule is Cc1cc(CNC(=O)NCC[C@H](O)C(=O)O)on1. The Balaban J connectivity index is 2.16. The zero-order valence-corrected chi connectivity index (χ0v) is 9.84. The molecule has 0 spiro atoms. The monoisotopic (exact) mass is 257 g/mol. The van der Waals surface area contributed by atoms with Crippen LogP contribution in [-0.4, -0.2) is 40.0 Å². The Morgan fingerprint density at radius 2 is 2.22 bits per heavy atom. The van der Waals surface area contributed by atoms with Crippen molar-refractivity contribution in [3.63, 3.8) is 0 Å². The van der Waals surface area contributed by atoms with Crippen LogP contribution in [0.1, 0.15) is 17.9 Å². The van der Waals surface area contributed by atoms with Crippen LogP contribution >= 0.6 is 0 Å². The Hall–Kier alpha value is -2.09. The molecule has 0 saturated heterocycles. The molecule has 8 heteroatoms. The van der Waals surface area contributed by atoms with Gasteiger partial charge in [0, 0.05) is 19.0 Å². The molecule has 0 fully saturated rings. The van der Waals surface area contributed by atoms with Gasteiger partial charge in [-0.3, -0.25) is 0 Å². The highest BCUT2D eigenvalue weighted by molar-refractivity contribution is 5.74. The summed E-state index contributed by atoms with van der Waals surface area (Å²) < 4.78 is 4.88. The highest BCUT2D eigenvalue weighted by Gasteiger charge is 2.12. The van der Waals surface area contributed by atoms with E-state index in [1.807, 2.05) is 0 Å². The molecule has 2 amide bonds. The van der Waals surface area contributed by atoms with E-state index in [1.54, 1.807) is 13.0 Å². The van der Waals surface area contributed by atoms with E-state index in [9.17, 15) is 9.59 Å². The molecule has 0 aliphatic rings. The lowest BCUT2D eigenvalue weighted by molar-refractivity contribution is -0.146. The largest absolute Gasteiger partial charge is 0.479 e. The topological polar surface area (TPSA) is 125 Å². The molecule has 1 heterocycles. The number of amides is 2. The van der Waals surface area contributed by atoms with Crippen molar-refractivity contribution in [1.82, 2.24) is 15.8 Å². The van der Waals surface area contributed by atoms with Crippen molar-refractivity contribution in [3.8, 4) is 0 Å². The lowest BCUT2D eigenvalue weighted by atomic mass is 10.2. The summed E-state index contributed by atoms with van der Waals surface area (Å²) in [6.07, 6.45) is -1.52. The van der Waals surface area contributed by atoms with Gasteiger partial charge in [0.25, 0.3) is 0 Å². The molecule has 0 aliphatic carbocycles. The molecule has 0 unspecified atom stereocenters. The molecule has 0 saturated carbocycles. The van der Waals surface area contributed by atoms with Crippen molar-refractivity contribution in [2.24, 2.45) is 0 Å². The first-order valence-corrected chi connectivity index (χ1v) is 5.34. The van der Waals surface area contributed by atoms with E-state index in [1.165, 1.54) is 0 Å². The second-order valence-electron chi connectivity index (χ2n) is 3.69. The van der Waals surface area contributed by atoms with Gasteiger partial charge in [-0.1, -0.05) is 5.16 Å². The molecule has 1 rings (SSSR count). The molecule has 0 aromatic carbocycles. The quantitative estimate of drug-likeness (QED) is 0.550. The number of carboxylic acid groups (broad SMARTS) is 1. The third kappa shape index (κ3) is 4.83. The lowest BCUT2D eigenvalue weighted by Crippen LogP contribution is -2.37. The van der Waals surface area contributed by atoms with Crippen LogP contribution in [0.15, 0.2) is 10.6 Å². The second kappa shape index (κ2) is 6.60. The average Bonchev–Trinajstić information content (AvgIpc) is 2.72. The molecular weight excluding hydrogens is 242 g/mol. The number of aromatic nitrogens is 1. The number of nitrogens with one attached hydrogen (secondary N) is 2. The summed E-state index contributed by atoms with van der Waals surface area (Å²) in [4.78, 5) is 21.6. The third-order valence-electron chi connectivity index (χ3n) is 2.09. The van der Waals surface area contributed by atoms with E-state index >= 15 is 0 Å². The first kappa shape index (κ1) is 14.0. The highest BCUT2D eigenvalue weighted by atomic mass is 16.5. The summed E-state index contributed by atoms with van der Waals surface area (Å²) in [7, 11) is 0. The Bertz CT molecular complexity index is 417. The minimum absolute atomic E-state index is 0.0514. The minimum atomic E-state index is -1.47. The number of carbonyl (C=O) groups excluding carboxylic acids is 1. The molecule has 0 aliphatic heterocycles. The molecule has 0 radical (unpaired) electrons. The Morgan fingerprint density at radius 1 is 1.50 bits per heavy atom. The Morgan fingerprint density at radius 3 is 2.78 bits per heavy atom. The van der Waals surface area contributed by atoms with Gasteiger partial charge in [0.1, 0.15) is 0 Å². The number of aryl methyl sites for hydroxylation is 1. The first-order chi connectivity index (χ1) is 8.49. The number of hydrogen-bond donors (Lipinski definition) is 4. The standard InChI is InChI=1S/C10H15N3O5/c1-6-4-7(18-13-6)5-12-10(17)11-3-2-8(14)9(15)16/h4,8,14H,2-3,5H2,1H3,(H,15,16)(H2,11,12,17)/t8-/m0/s1. The van der Waals surface area contributed by atoms with Crippen molar-refractivity contribution < 1.29 is 24.3 Å². The van der Waals surface area contributed by atoms with Crippen LogP contribution in [0.3, 0.4) is 0 Å². The van der Waals surface area contributed by atoms with Gasteiger partial charge >= 0.3 is 12.0 Å². The van der Waals surface area contributed by atoms with E-state index in [0.29, 0.717) is 5.76 Å². The number of nitrogens with zero attached hydrogens (tertiary/aromatic N) is 1. The van der Waals surface area contributed by atoms with Crippen molar-refractivity contribution in [1.29, 1.82) is 0 Å². The molecular formula is C10H15N3O5. The fourth-order valence-corrected chi connectivity index (χ4v) is 1.18. The van der Waals surface area contributed by atoms with Crippen molar-refractivity contribution in [2.75, 3.05) is 6.54 Å². The summed E-state index contributed by atoms with van der Waals surface area (Å²) >= 11 is 0. The van der Waals surface area contributed by atoms with Crippen LogP contribution in [0.5, 0.6) is 0 Å². The molecule has 100 valence electrons. The number of aliphatic carboxylic acids is 1. The summed E-state index contributed by atoms with van der Waals surface area (Å²) in [5.41, 5.74) is 0.719. The second-order valence-corrected chi connectivity index (χ2v) is 3.69. The summed E-state index contributed by atoms with van der Waals surface area (Å²) in [5, 5.41) is 25.9. The van der Waals surface area contributed by atoms with Gasteiger partial charge in [0.2, 0.25) is 0 Å². The molecule has 8 nitrogen and oxygen atoms in total. The van der Waals surface area contributed by atoms with Crippen molar-refractivity contribution in [2.45, 2.75) is 26.0 Å². The van der Waals surface area contributed by atoms with Gasteiger partial charge in [-0.15, -0.1) is 0 Å². The Labute approximate surface area is 103 Å². The van der Waals surface area contributed by atoms with Crippen LogP contribution in [0.25, 0.3) is 0 Å². The fraction of sp³-hybridized carbons (Fsp3) is 0.500. The summed E-state index contributed by atoms with van der Waals surface area (Å²) in [6, 6.07) is 1.22. The van der Waals surface area contributed by atoms with Crippen LogP contribution < -0.4 is 10.6 Å². The molecule has 1 aromatic rings. The number of carbonyl (C=O) groups is 2. The van der Waals surface area contributed by atoms with Gasteiger partial charge in [0.05, 0.1) is 12.2 Å². The zero-order chi connectivity index (χ0) is 13.5. The fourth-order valence-electron chi connectivity index (χ4n) is 1.18. The number of hydrogen-bond acceptors (Lipinski definition) is 5. The van der Waals surface area contributed by atoms with E-state index in [2.05, 4.69) is 15.8 Å². The van der Waals surface area contributed by atoms with Gasteiger partial charge < -0.3 is 25.4 Å². The van der Waals surface area contributed by atoms with Crippen LogP contribution in [0, 0.1) is 6.92 Å². The number of carboxylic acids is 1. The van der Waals surface area contributed by atoms with E-state index in [4.69, 9.17) is 14.7 Å². The van der Waals surface area contributed by atoms with Gasteiger partial charge in [-0.05, 0) is 6.92 Å². The number of aliphatic hydroxyl groups is 1. The van der Waals surface area contributed by atoms with Gasteiger partial charge in [-0.25, -0.2) is 9.59 Å². The normalized spacial score (nSPS) is 11.9. The smallest absolute Gasteiger partial charge is 0.332 e.